The number of ether oxygens (including phenoxy) is 1. The van der Waals surface area contributed by atoms with Crippen molar-refractivity contribution in [2.45, 2.75) is 50.3 Å². The van der Waals surface area contributed by atoms with E-state index in [1.54, 1.807) is 35.6 Å². The predicted octanol–water partition coefficient (Wildman–Crippen LogP) is 3.50. The van der Waals surface area contributed by atoms with Gasteiger partial charge in [0, 0.05) is 44.4 Å². The molecule has 39 heavy (non-hydrogen) atoms. The summed E-state index contributed by atoms with van der Waals surface area (Å²) in [6, 6.07) is 7.18. The molecule has 6 heterocycles. The molecule has 2 aliphatic heterocycles. The minimum absolute atomic E-state index is 0.0715. The summed E-state index contributed by atoms with van der Waals surface area (Å²) in [5.74, 6) is -0.985. The summed E-state index contributed by atoms with van der Waals surface area (Å²) in [6.45, 7) is 1.98. The summed E-state index contributed by atoms with van der Waals surface area (Å²) < 4.78 is 25.7. The number of halogens is 1. The van der Waals surface area contributed by atoms with Crippen molar-refractivity contribution in [1.29, 1.82) is 0 Å². The first-order valence-electron chi connectivity index (χ1n) is 13.1. The quantitative estimate of drug-likeness (QED) is 0.320. The first kappa shape index (κ1) is 23.8. The topological polar surface area (TPSA) is 126 Å². The van der Waals surface area contributed by atoms with Gasteiger partial charge in [-0.25, -0.2) is 9.78 Å². The van der Waals surface area contributed by atoms with E-state index in [0.29, 0.717) is 46.2 Å². The summed E-state index contributed by atoms with van der Waals surface area (Å²) in [6.07, 6.45) is 3.91. The molecule has 4 aromatic heterocycles. The second-order valence-corrected chi connectivity index (χ2v) is 10.9. The van der Waals surface area contributed by atoms with E-state index in [2.05, 4.69) is 15.1 Å². The number of nitrogens with two attached hydrogens (primary N) is 1. The highest BCUT2D eigenvalue weighted by Crippen LogP contribution is 2.43. The molecule has 1 aliphatic carbocycles. The smallest absolute Gasteiger partial charge is 0.329 e. The molecule has 1 fully saturated rings. The fourth-order valence-electron chi connectivity index (χ4n) is 6.35. The third-order valence-electron chi connectivity index (χ3n) is 8.34. The number of hydrogen-bond acceptors (Lipinski definition) is 6. The number of nitrogens with zero attached hydrogens (tertiary/aromatic N) is 5. The third kappa shape index (κ3) is 3.49. The van der Waals surface area contributed by atoms with Crippen molar-refractivity contribution >= 4 is 28.0 Å². The molecule has 10 nitrogen and oxygen atoms in total. The first-order valence-corrected chi connectivity index (χ1v) is 13.1. The fourth-order valence-corrected chi connectivity index (χ4v) is 6.35. The minimum Gasteiger partial charge on any atom is -0.461 e. The lowest BCUT2D eigenvalue weighted by Gasteiger charge is -2.18. The Bertz CT molecular complexity index is 1850. The van der Waals surface area contributed by atoms with Crippen molar-refractivity contribution in [3.8, 4) is 22.4 Å². The highest BCUT2D eigenvalue weighted by Gasteiger charge is 2.38. The monoisotopic (exact) mass is 529 g/mol. The average molecular weight is 530 g/mol. The van der Waals surface area contributed by atoms with Crippen molar-refractivity contribution in [3.05, 3.63) is 58.7 Å². The van der Waals surface area contributed by atoms with Gasteiger partial charge in [-0.2, -0.15) is 4.39 Å². The van der Waals surface area contributed by atoms with E-state index in [9.17, 15) is 9.59 Å². The molecule has 3 aliphatic rings. The Hall–Kier alpha value is -4.25. The lowest BCUT2D eigenvalue weighted by molar-refractivity contribution is -0.149. The number of imidazole rings is 1. The van der Waals surface area contributed by atoms with E-state index in [0.717, 1.165) is 16.7 Å². The molecule has 1 aromatic carbocycles. The van der Waals surface area contributed by atoms with Gasteiger partial charge < -0.3 is 15.5 Å². The Kier molecular flexibility index (Phi) is 5.12. The van der Waals surface area contributed by atoms with Crippen LogP contribution in [-0.2, 0) is 23.6 Å². The molecule has 4 bridgehead atoms. The van der Waals surface area contributed by atoms with Crippen LogP contribution < -0.4 is 11.4 Å². The number of aromatic amines is 1. The van der Waals surface area contributed by atoms with Crippen molar-refractivity contribution in [2.75, 3.05) is 0 Å². The number of nitrogens with one attached hydrogen (secondary N) is 1. The molecule has 11 heteroatoms. The number of H-pyrrole nitrogens is 1. The summed E-state index contributed by atoms with van der Waals surface area (Å²) in [5.41, 5.74) is 11.5. The molecule has 0 saturated heterocycles. The van der Waals surface area contributed by atoms with Gasteiger partial charge in [0.1, 0.15) is 11.8 Å². The van der Waals surface area contributed by atoms with E-state index >= 15 is 4.39 Å². The van der Waals surface area contributed by atoms with Crippen molar-refractivity contribution in [1.82, 2.24) is 28.9 Å². The molecule has 3 N–H and O–H groups in total. The maximum Gasteiger partial charge on any atom is 0.329 e. The zero-order chi connectivity index (χ0) is 27.2. The number of fused-ring (bicyclic) bond motifs is 5. The van der Waals surface area contributed by atoms with Crippen LogP contribution in [0.25, 0.3) is 44.5 Å². The van der Waals surface area contributed by atoms with Gasteiger partial charge in [0.2, 0.25) is 5.95 Å². The minimum atomic E-state index is -0.608. The number of aryl methyl sites for hydroxylation is 2. The highest BCUT2D eigenvalue weighted by atomic mass is 19.1. The number of pyridine rings is 1. The zero-order valence-electron chi connectivity index (χ0n) is 21.8. The number of benzene rings is 1. The summed E-state index contributed by atoms with van der Waals surface area (Å²) in [4.78, 5) is 34.6. The van der Waals surface area contributed by atoms with Crippen LogP contribution in [0.1, 0.15) is 43.7 Å². The number of rotatable bonds is 1. The zero-order valence-corrected chi connectivity index (χ0v) is 21.8. The van der Waals surface area contributed by atoms with Gasteiger partial charge in [0.15, 0.2) is 0 Å². The molecule has 5 aromatic rings. The molecule has 4 atom stereocenters. The second kappa shape index (κ2) is 8.37. The van der Waals surface area contributed by atoms with Crippen molar-refractivity contribution in [2.24, 2.45) is 19.8 Å². The molecule has 0 spiro atoms. The molecular weight excluding hydrogens is 501 g/mol. The predicted molar refractivity (Wildman–Crippen MR) is 144 cm³/mol. The Morgan fingerprint density at radius 1 is 1.15 bits per heavy atom. The van der Waals surface area contributed by atoms with E-state index in [1.165, 1.54) is 4.68 Å². The standard InChI is InChI=1S/C28H28FN7O3/c1-13-8-21(37)39-20-10-16(9-18(20)30)36-25-19(35(3)28(36)38)11-31-27-23(25)22(15-6-4-14(13)5-7-15)24(32-27)17-12-34(2)33-26(17)29/h4-7,11-13,16,18,20H,8-10,30H2,1-3H3,(H,31,32)/t13-,16+,18+,20-/m1/s1. The molecule has 0 radical (unpaired) electrons. The summed E-state index contributed by atoms with van der Waals surface area (Å²) in [7, 11) is 3.38. The lowest BCUT2D eigenvalue weighted by Crippen LogP contribution is -2.33. The van der Waals surface area contributed by atoms with Crippen molar-refractivity contribution < 1.29 is 13.9 Å². The van der Waals surface area contributed by atoms with Crippen LogP contribution in [0.5, 0.6) is 0 Å². The van der Waals surface area contributed by atoms with Gasteiger partial charge in [0.25, 0.3) is 0 Å². The largest absolute Gasteiger partial charge is 0.461 e. The number of hydrogen-bond donors (Lipinski definition) is 2. The van der Waals surface area contributed by atoms with Gasteiger partial charge in [0.05, 0.1) is 40.3 Å². The second-order valence-electron chi connectivity index (χ2n) is 10.9. The summed E-state index contributed by atoms with van der Waals surface area (Å²) >= 11 is 0. The summed E-state index contributed by atoms with van der Waals surface area (Å²) in [5, 5.41) is 4.64. The molecule has 200 valence electrons. The number of esters is 1. The number of carbonyl (C=O) groups excluding carboxylic acids is 1. The Morgan fingerprint density at radius 3 is 2.64 bits per heavy atom. The normalized spacial score (nSPS) is 23.1. The Labute approximate surface area is 222 Å². The highest BCUT2D eigenvalue weighted by molar-refractivity contribution is 6.14. The van der Waals surface area contributed by atoms with E-state index in [-0.39, 0.29) is 30.0 Å². The SMILES string of the molecule is C[C@@H]1CC(=O)O[C@@H]2C[C@H](C[C@@H]2N)n2c(=O)n(C)c3cnc4[nH]c(-c5cn(C)nc5F)c(c4c32)-c2ccc1cc2. The van der Waals surface area contributed by atoms with Crippen LogP contribution in [0.15, 0.2) is 41.5 Å². The van der Waals surface area contributed by atoms with Crippen LogP contribution in [-0.4, -0.2) is 47.0 Å². The molecule has 0 unspecified atom stereocenters. The molecule has 0 amide bonds. The average Bonchev–Trinajstić information content (AvgIpc) is 3.62. The van der Waals surface area contributed by atoms with E-state index in [1.807, 2.05) is 31.2 Å². The number of aromatic nitrogens is 6. The van der Waals surface area contributed by atoms with E-state index in [4.69, 9.17) is 10.5 Å². The number of carbonyl (C=O) groups is 1. The molecule has 8 rings (SSSR count). The van der Waals surface area contributed by atoms with Gasteiger partial charge in [-0.15, -0.1) is 5.10 Å². The van der Waals surface area contributed by atoms with Crippen LogP contribution in [0, 0.1) is 5.95 Å². The van der Waals surface area contributed by atoms with E-state index < -0.39 is 18.1 Å². The Morgan fingerprint density at radius 2 is 1.92 bits per heavy atom. The van der Waals surface area contributed by atoms with Crippen LogP contribution in [0.2, 0.25) is 0 Å². The van der Waals surface area contributed by atoms with Gasteiger partial charge in [-0.05, 0) is 23.5 Å². The van der Waals surface area contributed by atoms with Gasteiger partial charge >= 0.3 is 11.7 Å². The van der Waals surface area contributed by atoms with Crippen LogP contribution in [0.3, 0.4) is 0 Å². The fraction of sp³-hybridized carbons (Fsp3) is 0.357. The van der Waals surface area contributed by atoms with Crippen molar-refractivity contribution in [3.63, 3.8) is 0 Å². The van der Waals surface area contributed by atoms with Gasteiger partial charge in [-0.1, -0.05) is 31.2 Å². The lowest BCUT2D eigenvalue weighted by atomic mass is 9.93. The first-order chi connectivity index (χ1) is 18.7. The van der Waals surface area contributed by atoms with Crippen LogP contribution >= 0.6 is 0 Å². The van der Waals surface area contributed by atoms with Gasteiger partial charge in [-0.3, -0.25) is 18.6 Å². The molecular formula is C28H28FN7O3. The molecule has 1 saturated carbocycles. The van der Waals surface area contributed by atoms with Crippen LogP contribution in [0.4, 0.5) is 4.39 Å². The maximum absolute atomic E-state index is 15.1. The Balaban J connectivity index is 1.61. The third-order valence-corrected chi connectivity index (χ3v) is 8.34. The maximum atomic E-state index is 15.1.